The molecule has 6 nitrogen and oxygen atoms in total. The largest absolute Gasteiger partial charge is 0.383 e. The second kappa shape index (κ2) is 4.63. The van der Waals surface area contributed by atoms with E-state index in [1.807, 2.05) is 0 Å². The highest BCUT2D eigenvalue weighted by molar-refractivity contribution is 7.89. The molecule has 3 N–H and O–H groups in total. The Labute approximate surface area is 102 Å². The van der Waals surface area contributed by atoms with Gasteiger partial charge in [0.1, 0.15) is 18.6 Å². The first-order valence-electron chi connectivity index (χ1n) is 5.23. The van der Waals surface area contributed by atoms with Crippen LogP contribution < -0.4 is 16.5 Å². The third-order valence-electron chi connectivity index (χ3n) is 2.60. The number of hydrogen-bond donors (Lipinski definition) is 2. The van der Waals surface area contributed by atoms with Gasteiger partial charge < -0.3 is 11.1 Å². The molecule has 0 amide bonds. The van der Waals surface area contributed by atoms with E-state index in [1.54, 1.807) is 0 Å². The third-order valence-corrected chi connectivity index (χ3v) is 4.52. The second-order valence-corrected chi connectivity index (χ2v) is 5.71. The van der Waals surface area contributed by atoms with Gasteiger partial charge in [-0.1, -0.05) is 5.46 Å². The molecule has 2 heterocycles. The van der Waals surface area contributed by atoms with Gasteiger partial charge in [0.25, 0.3) is 0 Å². The summed E-state index contributed by atoms with van der Waals surface area (Å²) in [6, 6.07) is 1.35. The minimum absolute atomic E-state index is 0.0144. The molecule has 0 aromatic carbocycles. The SMILES string of the molecule is [B]c1cnc(N)c(S(=O)(=O)N2CCNCC2)c1. The van der Waals surface area contributed by atoms with Crippen molar-refractivity contribution in [2.75, 3.05) is 31.9 Å². The van der Waals surface area contributed by atoms with Crippen LogP contribution in [-0.4, -0.2) is 51.7 Å². The van der Waals surface area contributed by atoms with E-state index < -0.39 is 10.0 Å². The molecule has 1 saturated heterocycles. The molecule has 1 fully saturated rings. The minimum Gasteiger partial charge on any atom is -0.383 e. The van der Waals surface area contributed by atoms with Gasteiger partial charge >= 0.3 is 0 Å². The number of nitrogen functional groups attached to an aromatic ring is 1. The van der Waals surface area contributed by atoms with E-state index in [0.717, 1.165) is 0 Å². The van der Waals surface area contributed by atoms with E-state index in [-0.39, 0.29) is 16.2 Å². The fourth-order valence-electron chi connectivity index (χ4n) is 1.70. The van der Waals surface area contributed by atoms with Crippen molar-refractivity contribution in [3.05, 3.63) is 12.3 Å². The lowest BCUT2D eigenvalue weighted by molar-refractivity contribution is 0.360. The Balaban J connectivity index is 2.40. The van der Waals surface area contributed by atoms with E-state index in [4.69, 9.17) is 13.6 Å². The first kappa shape index (κ1) is 12.3. The van der Waals surface area contributed by atoms with Gasteiger partial charge in [0, 0.05) is 32.4 Å². The molecule has 0 aliphatic carbocycles. The monoisotopic (exact) mass is 252 g/mol. The van der Waals surface area contributed by atoms with Crippen LogP contribution >= 0.6 is 0 Å². The quantitative estimate of drug-likeness (QED) is 0.597. The van der Waals surface area contributed by atoms with Crippen LogP contribution in [-0.2, 0) is 10.0 Å². The first-order valence-corrected chi connectivity index (χ1v) is 6.67. The molecule has 1 aromatic heterocycles. The molecule has 0 unspecified atom stereocenters. The summed E-state index contributed by atoms with van der Waals surface area (Å²) >= 11 is 0. The predicted octanol–water partition coefficient (Wildman–Crippen LogP) is -1.95. The van der Waals surface area contributed by atoms with Crippen molar-refractivity contribution in [3.8, 4) is 0 Å². The number of sulfonamides is 1. The maximum Gasteiger partial charge on any atom is 0.246 e. The fraction of sp³-hybridized carbons (Fsp3) is 0.444. The molecule has 2 rings (SSSR count). The molecule has 1 aliphatic rings. The Hall–Kier alpha value is -1.12. The molecule has 0 atom stereocenters. The number of anilines is 1. The maximum atomic E-state index is 12.3. The van der Waals surface area contributed by atoms with Gasteiger partial charge in [0.05, 0.1) is 0 Å². The summed E-state index contributed by atoms with van der Waals surface area (Å²) in [4.78, 5) is 3.76. The summed E-state index contributed by atoms with van der Waals surface area (Å²) in [5.74, 6) is -0.0160. The van der Waals surface area contributed by atoms with E-state index in [9.17, 15) is 8.42 Å². The van der Waals surface area contributed by atoms with Crippen LogP contribution in [0.4, 0.5) is 5.82 Å². The Morgan fingerprint density at radius 2 is 2.06 bits per heavy atom. The highest BCUT2D eigenvalue weighted by Gasteiger charge is 2.28. The van der Waals surface area contributed by atoms with Crippen molar-refractivity contribution in [1.82, 2.24) is 14.6 Å². The molecular formula is C9H13BN4O2S. The number of pyridine rings is 1. The van der Waals surface area contributed by atoms with E-state index in [0.29, 0.717) is 26.2 Å². The van der Waals surface area contributed by atoms with Crippen LogP contribution in [0, 0.1) is 0 Å². The number of nitrogens with one attached hydrogen (secondary N) is 1. The topological polar surface area (TPSA) is 88.3 Å². The van der Waals surface area contributed by atoms with Crippen LogP contribution in [0.25, 0.3) is 0 Å². The average Bonchev–Trinajstić information content (AvgIpc) is 2.33. The van der Waals surface area contributed by atoms with Crippen LogP contribution in [0.5, 0.6) is 0 Å². The number of rotatable bonds is 2. The fourth-order valence-corrected chi connectivity index (χ4v) is 3.24. The highest BCUT2D eigenvalue weighted by Crippen LogP contribution is 2.19. The van der Waals surface area contributed by atoms with Gasteiger partial charge in [-0.25, -0.2) is 13.4 Å². The molecule has 8 heteroatoms. The number of piperazine rings is 1. The Kier molecular flexibility index (Phi) is 3.37. The van der Waals surface area contributed by atoms with E-state index in [1.165, 1.54) is 16.6 Å². The van der Waals surface area contributed by atoms with Crippen LogP contribution in [0.2, 0.25) is 0 Å². The average molecular weight is 252 g/mol. The Morgan fingerprint density at radius 3 is 2.71 bits per heavy atom. The van der Waals surface area contributed by atoms with Crippen molar-refractivity contribution in [1.29, 1.82) is 0 Å². The zero-order valence-electron chi connectivity index (χ0n) is 9.26. The first-order chi connectivity index (χ1) is 8.01. The second-order valence-electron chi connectivity index (χ2n) is 3.81. The Morgan fingerprint density at radius 1 is 1.41 bits per heavy atom. The van der Waals surface area contributed by atoms with Gasteiger partial charge in [0.2, 0.25) is 10.0 Å². The molecule has 2 radical (unpaired) electrons. The van der Waals surface area contributed by atoms with E-state index in [2.05, 4.69) is 10.3 Å². The standard InChI is InChI=1S/C9H13BN4O2S/c10-7-5-8(9(11)13-6-7)17(15,16)14-3-1-12-2-4-14/h5-6,12H,1-4H2,(H2,11,13). The highest BCUT2D eigenvalue weighted by atomic mass is 32.2. The van der Waals surface area contributed by atoms with Gasteiger partial charge in [-0.05, 0) is 6.07 Å². The van der Waals surface area contributed by atoms with Crippen molar-refractivity contribution >= 4 is 29.2 Å². The molecule has 90 valence electrons. The van der Waals surface area contributed by atoms with Crippen molar-refractivity contribution in [2.45, 2.75) is 4.90 Å². The number of nitrogens with zero attached hydrogens (tertiary/aromatic N) is 2. The van der Waals surface area contributed by atoms with Crippen molar-refractivity contribution in [3.63, 3.8) is 0 Å². The van der Waals surface area contributed by atoms with E-state index >= 15 is 0 Å². The summed E-state index contributed by atoms with van der Waals surface area (Å²) in [5.41, 5.74) is 5.88. The number of nitrogens with two attached hydrogens (primary N) is 1. The zero-order valence-corrected chi connectivity index (χ0v) is 10.1. The predicted molar refractivity (Wildman–Crippen MR) is 65.7 cm³/mol. The Bertz CT molecular complexity index is 514. The number of aromatic nitrogens is 1. The molecule has 0 bridgehead atoms. The molecule has 17 heavy (non-hydrogen) atoms. The van der Waals surface area contributed by atoms with Gasteiger partial charge in [0.15, 0.2) is 0 Å². The lowest BCUT2D eigenvalue weighted by atomic mass is 9.99. The summed E-state index contributed by atoms with van der Waals surface area (Å²) in [6.45, 7) is 2.12. The normalized spacial score (nSPS) is 18.1. The van der Waals surface area contributed by atoms with Crippen molar-refractivity contribution in [2.24, 2.45) is 0 Å². The molecular weight excluding hydrogens is 239 g/mol. The van der Waals surface area contributed by atoms with Gasteiger partial charge in [-0.3, -0.25) is 0 Å². The third kappa shape index (κ3) is 2.43. The molecule has 0 spiro atoms. The lowest BCUT2D eigenvalue weighted by Crippen LogP contribution is -2.46. The molecule has 0 saturated carbocycles. The van der Waals surface area contributed by atoms with Crippen LogP contribution in [0.1, 0.15) is 0 Å². The summed E-state index contributed by atoms with van der Waals surface area (Å²) in [6.07, 6.45) is 1.34. The number of hydrogen-bond acceptors (Lipinski definition) is 5. The maximum absolute atomic E-state index is 12.3. The van der Waals surface area contributed by atoms with Crippen molar-refractivity contribution < 1.29 is 8.42 Å². The summed E-state index contributed by atoms with van der Waals surface area (Å²) in [5, 5.41) is 3.09. The smallest absolute Gasteiger partial charge is 0.246 e. The summed E-state index contributed by atoms with van der Waals surface area (Å²) in [7, 11) is 1.95. The zero-order chi connectivity index (χ0) is 12.5. The summed E-state index contributed by atoms with van der Waals surface area (Å²) < 4.78 is 26.0. The van der Waals surface area contributed by atoms with Gasteiger partial charge in [-0.15, -0.1) is 0 Å². The lowest BCUT2D eigenvalue weighted by Gasteiger charge is -2.26. The minimum atomic E-state index is -3.59. The molecule has 1 aromatic rings. The van der Waals surface area contributed by atoms with Crippen LogP contribution in [0.15, 0.2) is 17.2 Å². The van der Waals surface area contributed by atoms with Gasteiger partial charge in [-0.2, -0.15) is 4.31 Å². The van der Waals surface area contributed by atoms with Crippen LogP contribution in [0.3, 0.4) is 0 Å². The molecule has 1 aliphatic heterocycles.